The highest BCUT2D eigenvalue weighted by molar-refractivity contribution is 7.89. The second-order valence-corrected chi connectivity index (χ2v) is 10.4. The summed E-state index contributed by atoms with van der Waals surface area (Å²) >= 11 is 0. The molecule has 1 aromatic rings. The summed E-state index contributed by atoms with van der Waals surface area (Å²) < 4.78 is 27.1. The first-order valence-electron chi connectivity index (χ1n) is 11.1. The van der Waals surface area contributed by atoms with Crippen LogP contribution in [0.2, 0.25) is 0 Å². The Hall–Kier alpha value is -1.93. The maximum atomic E-state index is 13.2. The predicted molar refractivity (Wildman–Crippen MR) is 115 cm³/mol. The van der Waals surface area contributed by atoms with Crippen LogP contribution in [0.25, 0.3) is 0 Å². The Kier molecular flexibility index (Phi) is 5.90. The molecule has 4 rings (SSSR count). The number of nitrogens with zero attached hydrogens (tertiary/aromatic N) is 3. The van der Waals surface area contributed by atoms with Crippen LogP contribution in [0.5, 0.6) is 0 Å². The van der Waals surface area contributed by atoms with Gasteiger partial charge in [0, 0.05) is 44.3 Å². The number of likely N-dealkylation sites (tertiary alicyclic amines) is 1. The number of rotatable bonds is 6. The second-order valence-electron chi connectivity index (χ2n) is 8.51. The zero-order valence-corrected chi connectivity index (χ0v) is 18.7. The standard InChI is InChI=1S/C22H31N3O4S/c1-3-23(4-2)30(28,29)19-9-10-20-16(13-19)11-12-24(20)22(27)17-14-21(26)25(15-17)18-7-5-6-8-18/h9-10,13,17-18H,3-8,11-12,14-15H2,1-2H3. The number of hydrogen-bond acceptors (Lipinski definition) is 4. The molecule has 1 unspecified atom stereocenters. The highest BCUT2D eigenvalue weighted by Gasteiger charge is 2.41. The first-order valence-corrected chi connectivity index (χ1v) is 12.5. The van der Waals surface area contributed by atoms with Crippen molar-refractivity contribution in [3.63, 3.8) is 0 Å². The molecule has 0 spiro atoms. The maximum Gasteiger partial charge on any atom is 0.243 e. The van der Waals surface area contributed by atoms with Gasteiger partial charge in [0.1, 0.15) is 0 Å². The van der Waals surface area contributed by atoms with Crippen molar-refractivity contribution >= 4 is 27.5 Å². The molecule has 8 heteroatoms. The monoisotopic (exact) mass is 433 g/mol. The molecule has 164 valence electrons. The molecule has 2 heterocycles. The predicted octanol–water partition coefficient (Wildman–Crippen LogP) is 2.40. The summed E-state index contributed by atoms with van der Waals surface area (Å²) in [5, 5.41) is 0. The lowest BCUT2D eigenvalue weighted by atomic mass is 10.1. The average Bonchev–Trinajstić information content (AvgIpc) is 3.47. The molecule has 2 fully saturated rings. The SMILES string of the molecule is CCN(CC)S(=O)(=O)c1ccc2c(c1)CCN2C(=O)C1CC(=O)N(C2CCCC2)C1. The fourth-order valence-electron chi connectivity index (χ4n) is 5.17. The Morgan fingerprint density at radius 3 is 2.53 bits per heavy atom. The Labute approximate surface area is 179 Å². The van der Waals surface area contributed by atoms with Gasteiger partial charge in [-0.15, -0.1) is 0 Å². The quantitative estimate of drug-likeness (QED) is 0.690. The number of hydrogen-bond donors (Lipinski definition) is 0. The minimum atomic E-state index is -3.52. The molecule has 1 atom stereocenters. The summed E-state index contributed by atoms with van der Waals surface area (Å²) in [6.07, 6.45) is 5.33. The maximum absolute atomic E-state index is 13.2. The smallest absolute Gasteiger partial charge is 0.243 e. The van der Waals surface area contributed by atoms with E-state index in [1.165, 1.54) is 4.31 Å². The van der Waals surface area contributed by atoms with Crippen LogP contribution in [0.3, 0.4) is 0 Å². The van der Waals surface area contributed by atoms with Crippen LogP contribution in [0, 0.1) is 5.92 Å². The van der Waals surface area contributed by atoms with Gasteiger partial charge in [0.05, 0.1) is 10.8 Å². The van der Waals surface area contributed by atoms with E-state index in [9.17, 15) is 18.0 Å². The number of sulfonamides is 1. The van der Waals surface area contributed by atoms with E-state index < -0.39 is 10.0 Å². The lowest BCUT2D eigenvalue weighted by Gasteiger charge is -2.25. The van der Waals surface area contributed by atoms with Crippen molar-refractivity contribution in [3.05, 3.63) is 23.8 Å². The molecule has 1 aliphatic carbocycles. The lowest BCUT2D eigenvalue weighted by Crippen LogP contribution is -2.38. The minimum absolute atomic E-state index is 0.0121. The van der Waals surface area contributed by atoms with E-state index >= 15 is 0 Å². The van der Waals surface area contributed by atoms with Gasteiger partial charge in [-0.25, -0.2) is 8.42 Å². The molecule has 0 bridgehead atoms. The van der Waals surface area contributed by atoms with Crippen LogP contribution in [0.4, 0.5) is 5.69 Å². The summed E-state index contributed by atoms with van der Waals surface area (Å²) in [4.78, 5) is 29.7. The summed E-state index contributed by atoms with van der Waals surface area (Å²) in [5.74, 6) is -0.217. The Bertz CT molecular complexity index is 936. The zero-order valence-electron chi connectivity index (χ0n) is 17.8. The van der Waals surface area contributed by atoms with Gasteiger partial charge in [-0.05, 0) is 43.0 Å². The molecule has 0 radical (unpaired) electrons. The van der Waals surface area contributed by atoms with Gasteiger partial charge in [0.25, 0.3) is 0 Å². The van der Waals surface area contributed by atoms with Gasteiger partial charge in [0.15, 0.2) is 0 Å². The van der Waals surface area contributed by atoms with Crippen LogP contribution in [0.1, 0.15) is 51.5 Å². The third kappa shape index (κ3) is 3.64. The molecule has 2 amide bonds. The molecule has 2 aliphatic heterocycles. The Balaban J connectivity index is 1.51. The number of anilines is 1. The molecule has 1 saturated carbocycles. The fourth-order valence-corrected chi connectivity index (χ4v) is 6.68. The van der Waals surface area contributed by atoms with Crippen molar-refractivity contribution in [1.29, 1.82) is 0 Å². The molecule has 7 nitrogen and oxygen atoms in total. The molecule has 1 saturated heterocycles. The highest BCUT2D eigenvalue weighted by Crippen LogP contribution is 2.35. The molecule has 0 N–H and O–H groups in total. The molecule has 30 heavy (non-hydrogen) atoms. The third-order valence-corrected chi connectivity index (χ3v) is 8.87. The summed E-state index contributed by atoms with van der Waals surface area (Å²) in [5.41, 5.74) is 1.67. The third-order valence-electron chi connectivity index (χ3n) is 6.83. The van der Waals surface area contributed by atoms with E-state index in [-0.39, 0.29) is 29.0 Å². The van der Waals surface area contributed by atoms with E-state index in [4.69, 9.17) is 0 Å². The van der Waals surface area contributed by atoms with Gasteiger partial charge >= 0.3 is 0 Å². The number of amides is 2. The topological polar surface area (TPSA) is 78.0 Å². The first-order chi connectivity index (χ1) is 14.4. The number of carbonyl (C=O) groups is 2. The van der Waals surface area contributed by atoms with Crippen LogP contribution in [-0.4, -0.2) is 61.7 Å². The van der Waals surface area contributed by atoms with Gasteiger partial charge in [0.2, 0.25) is 21.8 Å². The molecular formula is C22H31N3O4S. The van der Waals surface area contributed by atoms with Gasteiger partial charge < -0.3 is 9.80 Å². The zero-order chi connectivity index (χ0) is 21.5. The molecule has 0 aromatic heterocycles. The Morgan fingerprint density at radius 1 is 1.17 bits per heavy atom. The molecule has 3 aliphatic rings. The summed E-state index contributed by atoms with van der Waals surface area (Å²) in [6.45, 7) is 5.56. The average molecular weight is 434 g/mol. The fraction of sp³-hybridized carbons (Fsp3) is 0.636. The van der Waals surface area contributed by atoms with Crippen LogP contribution in [-0.2, 0) is 26.0 Å². The van der Waals surface area contributed by atoms with Crippen LogP contribution < -0.4 is 4.90 Å². The van der Waals surface area contributed by atoms with Crippen molar-refractivity contribution < 1.29 is 18.0 Å². The largest absolute Gasteiger partial charge is 0.339 e. The van der Waals surface area contributed by atoms with E-state index in [0.29, 0.717) is 38.6 Å². The second kappa shape index (κ2) is 8.30. The van der Waals surface area contributed by atoms with Crippen molar-refractivity contribution in [3.8, 4) is 0 Å². The van der Waals surface area contributed by atoms with Crippen molar-refractivity contribution in [1.82, 2.24) is 9.21 Å². The Morgan fingerprint density at radius 2 is 1.87 bits per heavy atom. The van der Waals surface area contributed by atoms with E-state index in [2.05, 4.69) is 0 Å². The highest BCUT2D eigenvalue weighted by atomic mass is 32.2. The van der Waals surface area contributed by atoms with Crippen LogP contribution >= 0.6 is 0 Å². The number of benzene rings is 1. The van der Waals surface area contributed by atoms with Crippen molar-refractivity contribution in [2.75, 3.05) is 31.1 Å². The number of carbonyl (C=O) groups excluding carboxylic acids is 2. The van der Waals surface area contributed by atoms with Crippen molar-refractivity contribution in [2.24, 2.45) is 5.92 Å². The summed E-state index contributed by atoms with van der Waals surface area (Å²) in [6, 6.07) is 5.36. The van der Waals surface area contributed by atoms with Crippen LogP contribution in [0.15, 0.2) is 23.1 Å². The van der Waals surface area contributed by atoms with E-state index in [1.54, 1.807) is 23.1 Å². The molecule has 1 aromatic carbocycles. The van der Waals surface area contributed by atoms with E-state index in [1.807, 2.05) is 18.7 Å². The van der Waals surface area contributed by atoms with Gasteiger partial charge in [-0.1, -0.05) is 26.7 Å². The first kappa shape index (κ1) is 21.3. The normalized spacial score (nSPS) is 22.4. The van der Waals surface area contributed by atoms with E-state index in [0.717, 1.165) is 36.9 Å². The summed E-state index contributed by atoms with van der Waals surface area (Å²) in [7, 11) is -3.52. The van der Waals surface area contributed by atoms with Gasteiger partial charge in [-0.3, -0.25) is 9.59 Å². The minimum Gasteiger partial charge on any atom is -0.339 e. The number of fused-ring (bicyclic) bond motifs is 1. The lowest BCUT2D eigenvalue weighted by molar-refractivity contribution is -0.130. The van der Waals surface area contributed by atoms with Crippen molar-refractivity contribution in [2.45, 2.75) is 63.3 Å². The van der Waals surface area contributed by atoms with Gasteiger partial charge in [-0.2, -0.15) is 4.31 Å². The molecular weight excluding hydrogens is 402 g/mol.